The van der Waals surface area contributed by atoms with Crippen molar-refractivity contribution in [1.82, 2.24) is 71.5 Å². The van der Waals surface area contributed by atoms with Crippen molar-refractivity contribution in [1.29, 1.82) is 0 Å². The molecule has 3 aromatic rings. The van der Waals surface area contributed by atoms with Crippen LogP contribution in [-0.2, 0) is 46.6 Å². The number of thioether (sulfide) groups is 3. The van der Waals surface area contributed by atoms with Gasteiger partial charge in [-0.3, -0.25) is 19.3 Å². The molecule has 5 N–H and O–H groups in total. The molecule has 27 heteroatoms. The van der Waals surface area contributed by atoms with E-state index in [1.54, 1.807) is 6.92 Å². The number of β-lactam (4-membered cyclic amide) rings is 1. The molecule has 0 radical (unpaired) electrons. The smallest absolute Gasteiger partial charge is 0.354 e. The van der Waals surface area contributed by atoms with Gasteiger partial charge >= 0.3 is 17.9 Å². The topological polar surface area (TPSA) is 304 Å². The van der Waals surface area contributed by atoms with Gasteiger partial charge in [0.2, 0.25) is 11.8 Å². The first kappa shape index (κ1) is 36.6. The van der Waals surface area contributed by atoms with Gasteiger partial charge in [-0.2, -0.15) is 0 Å². The Balaban J connectivity index is 1.16. The van der Waals surface area contributed by atoms with E-state index in [1.807, 2.05) is 0 Å². The van der Waals surface area contributed by atoms with Crippen molar-refractivity contribution in [3.05, 3.63) is 40.2 Å². The third-order valence-electron chi connectivity index (χ3n) is 7.38. The summed E-state index contributed by atoms with van der Waals surface area (Å²) in [5.74, 6) is -5.15. The van der Waals surface area contributed by atoms with Gasteiger partial charge in [0.25, 0.3) is 5.91 Å². The Morgan fingerprint density at radius 3 is 2.33 bits per heavy atom. The molecule has 6 heterocycles. The van der Waals surface area contributed by atoms with Crippen molar-refractivity contribution < 1.29 is 43.7 Å². The van der Waals surface area contributed by atoms with Crippen LogP contribution in [0.3, 0.4) is 0 Å². The van der Waals surface area contributed by atoms with Gasteiger partial charge in [0.1, 0.15) is 65.5 Å². The molecule has 4 atom stereocenters. The van der Waals surface area contributed by atoms with Crippen molar-refractivity contribution in [3.8, 4) is 0 Å². The van der Waals surface area contributed by atoms with Crippen LogP contribution in [0.25, 0.3) is 0 Å². The maximum atomic E-state index is 13.7. The number of carbonyl (C=O) groups is 6. The first-order chi connectivity index (χ1) is 25.0. The third-order valence-corrected chi connectivity index (χ3v) is 12.0. The minimum Gasteiger partial charge on any atom is -0.480 e. The number of ether oxygens (including phenoxy) is 1. The van der Waals surface area contributed by atoms with E-state index >= 15 is 0 Å². The monoisotopic (exact) mass is 794 g/mol. The van der Waals surface area contributed by atoms with Crippen LogP contribution in [0.15, 0.2) is 39.5 Å². The van der Waals surface area contributed by atoms with E-state index in [0.717, 1.165) is 31.0 Å². The third kappa shape index (κ3) is 8.31. The van der Waals surface area contributed by atoms with E-state index in [0.29, 0.717) is 9.91 Å². The Morgan fingerprint density at radius 2 is 1.71 bits per heavy atom. The first-order valence-electron chi connectivity index (χ1n) is 14.8. The first-order valence-corrected chi connectivity index (χ1v) is 18.7. The fourth-order valence-electron chi connectivity index (χ4n) is 5.05. The zero-order valence-corrected chi connectivity index (χ0v) is 29.8. The maximum absolute atomic E-state index is 13.7. The van der Waals surface area contributed by atoms with Crippen LogP contribution in [-0.4, -0.2) is 148 Å². The quantitative estimate of drug-likeness (QED) is 0.0585. The lowest BCUT2D eigenvalue weighted by molar-refractivity contribution is -0.151. The highest BCUT2D eigenvalue weighted by Crippen LogP contribution is 2.40. The standard InChI is InChI=1S/C25H26N14O9S4/c1-10-31-32-25(52-10)51-7-12-6-49-19(16(22(43)44)28-13(40)2-37-8-26-33-35-37)30-15(12)24(47)48-4-11-5-50-21-17(20(42)39(21)18(11)23(45)46)29-14(41)3-38-9-27-34-36-38/h8-9,16-17,19,21,30H,2-7H2,1H3,(H,28,40)(H,29,41)(H,43,44)(H,45,46)/t16?,17-,19?,21-/m1/s1. The molecular formula is C25H26N14O9S4. The van der Waals surface area contributed by atoms with E-state index in [4.69, 9.17) is 4.74 Å². The summed E-state index contributed by atoms with van der Waals surface area (Å²) in [5, 5.41) is 56.0. The molecule has 52 heavy (non-hydrogen) atoms. The largest absolute Gasteiger partial charge is 0.480 e. The zero-order chi connectivity index (χ0) is 36.9. The summed E-state index contributed by atoms with van der Waals surface area (Å²) in [7, 11) is 0. The Bertz CT molecular complexity index is 1940. The van der Waals surface area contributed by atoms with Crippen LogP contribution in [0.4, 0.5) is 0 Å². The summed E-state index contributed by atoms with van der Waals surface area (Å²) in [6, 6.07) is -2.49. The Hall–Kier alpha value is -5.15. The lowest BCUT2D eigenvalue weighted by atomic mass is 10.0. The van der Waals surface area contributed by atoms with Crippen molar-refractivity contribution >= 4 is 82.3 Å². The number of aliphatic carboxylic acids is 2. The number of carboxylic acid groups (broad SMARTS) is 2. The van der Waals surface area contributed by atoms with Crippen molar-refractivity contribution in [3.63, 3.8) is 0 Å². The Labute approximate surface area is 307 Å². The van der Waals surface area contributed by atoms with Crippen LogP contribution >= 0.6 is 46.6 Å². The summed E-state index contributed by atoms with van der Waals surface area (Å²) < 4.78 is 8.50. The number of hydrogen-bond acceptors (Lipinski definition) is 20. The summed E-state index contributed by atoms with van der Waals surface area (Å²) in [5.41, 5.74) is 0.236. The Kier molecular flexibility index (Phi) is 11.3. The molecule has 0 saturated carbocycles. The van der Waals surface area contributed by atoms with E-state index < -0.39 is 65.1 Å². The van der Waals surface area contributed by atoms with Gasteiger partial charge in [-0.25, -0.2) is 23.7 Å². The van der Waals surface area contributed by atoms with Gasteiger partial charge in [-0.1, -0.05) is 23.1 Å². The summed E-state index contributed by atoms with van der Waals surface area (Å²) in [4.78, 5) is 77.5. The number of aromatic nitrogens is 10. The fraction of sp³-hybridized carbons (Fsp3) is 0.440. The zero-order valence-electron chi connectivity index (χ0n) is 26.5. The van der Waals surface area contributed by atoms with Crippen LogP contribution < -0.4 is 16.0 Å². The molecule has 274 valence electrons. The summed E-state index contributed by atoms with van der Waals surface area (Å²) in [6.45, 7) is 0.682. The van der Waals surface area contributed by atoms with Crippen LogP contribution in [0.5, 0.6) is 0 Å². The normalized spacial score (nSPS) is 20.4. The molecule has 3 aromatic heterocycles. The van der Waals surface area contributed by atoms with Gasteiger partial charge < -0.3 is 30.9 Å². The molecule has 6 rings (SSSR count). The number of esters is 1. The number of aryl methyl sites for hydroxylation is 1. The number of rotatable bonds is 15. The van der Waals surface area contributed by atoms with Crippen LogP contribution in [0.1, 0.15) is 5.01 Å². The SMILES string of the molecule is Cc1nnc(SCC2=C(C(=O)OCC3=C(C(=O)O)N4C(=O)[C@@H](NC(=O)Cn5cnnn5)[C@H]4SC3)NC(C(NC(=O)Cn3cnnn3)C(=O)O)SC2)s1. The molecule has 0 aliphatic carbocycles. The highest BCUT2D eigenvalue weighted by molar-refractivity contribution is 8.01. The lowest BCUT2D eigenvalue weighted by Crippen LogP contribution is -2.70. The molecule has 3 amide bonds. The Morgan fingerprint density at radius 1 is 1.02 bits per heavy atom. The van der Waals surface area contributed by atoms with Crippen molar-refractivity contribution in [2.75, 3.05) is 23.9 Å². The molecule has 3 aliphatic rings. The highest BCUT2D eigenvalue weighted by atomic mass is 32.2. The molecule has 3 aliphatic heterocycles. The predicted molar refractivity (Wildman–Crippen MR) is 178 cm³/mol. The number of nitrogens with zero attached hydrogens (tertiary/aromatic N) is 11. The fourth-order valence-corrected chi connectivity index (χ4v) is 9.55. The minimum atomic E-state index is -1.50. The number of carbonyl (C=O) groups excluding carboxylic acids is 4. The average Bonchev–Trinajstić information content (AvgIpc) is 3.91. The molecule has 0 aromatic carbocycles. The molecule has 1 fully saturated rings. The number of nitrogens with one attached hydrogen (secondary N) is 3. The number of tetrazole rings is 2. The minimum absolute atomic E-state index is 0.0567. The second kappa shape index (κ2) is 16.0. The molecule has 0 bridgehead atoms. The van der Waals surface area contributed by atoms with E-state index in [2.05, 4.69) is 57.2 Å². The molecule has 0 spiro atoms. The molecule has 1 saturated heterocycles. The van der Waals surface area contributed by atoms with Gasteiger partial charge in [-0.05, 0) is 33.4 Å². The number of fused-ring (bicyclic) bond motifs is 1. The molecular weight excluding hydrogens is 769 g/mol. The van der Waals surface area contributed by atoms with E-state index in [9.17, 15) is 39.0 Å². The van der Waals surface area contributed by atoms with E-state index in [-0.39, 0.29) is 47.3 Å². The predicted octanol–water partition coefficient (Wildman–Crippen LogP) is -2.92. The van der Waals surface area contributed by atoms with Crippen LogP contribution in [0, 0.1) is 6.92 Å². The number of amides is 3. The number of carboxylic acids is 2. The van der Waals surface area contributed by atoms with Gasteiger partial charge in [0, 0.05) is 22.8 Å². The van der Waals surface area contributed by atoms with Gasteiger partial charge in [0.05, 0.1) is 0 Å². The highest BCUT2D eigenvalue weighted by Gasteiger charge is 2.54. The maximum Gasteiger partial charge on any atom is 0.354 e. The molecule has 23 nitrogen and oxygen atoms in total. The van der Waals surface area contributed by atoms with Crippen molar-refractivity contribution in [2.45, 2.75) is 47.2 Å². The van der Waals surface area contributed by atoms with Crippen molar-refractivity contribution in [2.24, 2.45) is 0 Å². The average molecular weight is 795 g/mol. The van der Waals surface area contributed by atoms with E-state index in [1.165, 1.54) is 47.5 Å². The molecule has 2 unspecified atom stereocenters. The summed E-state index contributed by atoms with van der Waals surface area (Å²) in [6.07, 6.45) is 2.42. The van der Waals surface area contributed by atoms with Gasteiger partial charge in [0.15, 0.2) is 10.4 Å². The second-order valence-electron chi connectivity index (χ2n) is 10.9. The second-order valence-corrected chi connectivity index (χ2v) is 15.6. The van der Waals surface area contributed by atoms with Crippen LogP contribution in [0.2, 0.25) is 0 Å². The number of hydrogen-bond donors (Lipinski definition) is 5. The summed E-state index contributed by atoms with van der Waals surface area (Å²) >= 11 is 4.98. The van der Waals surface area contributed by atoms with Gasteiger partial charge in [-0.15, -0.1) is 43.9 Å². The lowest BCUT2D eigenvalue weighted by Gasteiger charge is -2.49.